The summed E-state index contributed by atoms with van der Waals surface area (Å²) in [4.78, 5) is 6.38. The van der Waals surface area contributed by atoms with Crippen LogP contribution in [0.1, 0.15) is 32.6 Å². The lowest BCUT2D eigenvalue weighted by Crippen LogP contribution is -2.40. The van der Waals surface area contributed by atoms with E-state index in [1.807, 2.05) is 0 Å². The molecule has 0 aromatic carbocycles. The Balaban J connectivity index is 2.30. The molecular weight excluding hydrogens is 247 g/mol. The van der Waals surface area contributed by atoms with Gasteiger partial charge in [-0.3, -0.25) is 0 Å². The van der Waals surface area contributed by atoms with Gasteiger partial charge >= 0.3 is 0 Å². The Labute approximate surface area is 105 Å². The van der Waals surface area contributed by atoms with Gasteiger partial charge in [-0.2, -0.15) is 4.98 Å². The summed E-state index contributed by atoms with van der Waals surface area (Å²) in [7, 11) is 0. The molecule has 0 bridgehead atoms. The Morgan fingerprint density at radius 3 is 2.88 bits per heavy atom. The fourth-order valence-electron chi connectivity index (χ4n) is 2.17. The van der Waals surface area contributed by atoms with Gasteiger partial charge in [0.25, 0.3) is 0 Å². The molecular formula is C10H14Cl2N4. The smallest absolute Gasteiger partial charge is 0.245 e. The zero-order valence-corrected chi connectivity index (χ0v) is 10.7. The zero-order chi connectivity index (χ0) is 11.5. The molecule has 4 nitrogen and oxygen atoms in total. The van der Waals surface area contributed by atoms with Crippen molar-refractivity contribution in [2.45, 2.75) is 38.6 Å². The molecule has 1 saturated heterocycles. The Kier molecular flexibility index (Phi) is 3.82. The monoisotopic (exact) mass is 260 g/mol. The van der Waals surface area contributed by atoms with Gasteiger partial charge in [0.15, 0.2) is 11.0 Å². The fourth-order valence-corrected chi connectivity index (χ4v) is 2.48. The number of piperidine rings is 1. The van der Waals surface area contributed by atoms with E-state index in [2.05, 4.69) is 27.0 Å². The molecule has 0 spiro atoms. The Hall–Kier alpha value is -0.610. The van der Waals surface area contributed by atoms with Crippen LogP contribution in [0.15, 0.2) is 0 Å². The van der Waals surface area contributed by atoms with Gasteiger partial charge in [-0.05, 0) is 37.3 Å². The van der Waals surface area contributed by atoms with E-state index in [9.17, 15) is 0 Å². The predicted octanol–water partition coefficient (Wildman–Crippen LogP) is 2.95. The van der Waals surface area contributed by atoms with Crippen LogP contribution in [0.3, 0.4) is 0 Å². The fraction of sp³-hybridized carbons (Fsp3) is 0.700. The molecule has 1 aromatic heterocycles. The van der Waals surface area contributed by atoms with Gasteiger partial charge in [0, 0.05) is 12.6 Å². The number of halogens is 2. The summed E-state index contributed by atoms with van der Waals surface area (Å²) in [5.41, 5.74) is 0. The lowest BCUT2D eigenvalue weighted by molar-refractivity contribution is 0.446. The molecule has 0 N–H and O–H groups in total. The molecule has 0 saturated carbocycles. The van der Waals surface area contributed by atoms with Gasteiger partial charge in [-0.1, -0.05) is 18.5 Å². The second-order valence-corrected chi connectivity index (χ2v) is 4.64. The molecule has 1 unspecified atom stereocenters. The van der Waals surface area contributed by atoms with E-state index in [0.717, 1.165) is 19.4 Å². The maximum absolute atomic E-state index is 6.02. The van der Waals surface area contributed by atoms with Crippen molar-refractivity contribution in [3.63, 3.8) is 0 Å². The first-order valence-corrected chi connectivity index (χ1v) is 6.30. The van der Waals surface area contributed by atoms with Crippen LogP contribution < -0.4 is 4.90 Å². The van der Waals surface area contributed by atoms with Crippen molar-refractivity contribution in [2.75, 3.05) is 11.4 Å². The van der Waals surface area contributed by atoms with Crippen LogP contribution in [-0.2, 0) is 0 Å². The van der Waals surface area contributed by atoms with E-state index in [4.69, 9.17) is 23.2 Å². The number of nitrogens with zero attached hydrogens (tertiary/aromatic N) is 4. The third-order valence-electron chi connectivity index (χ3n) is 2.97. The molecule has 1 aliphatic rings. The minimum atomic E-state index is 0.153. The lowest BCUT2D eigenvalue weighted by Gasteiger charge is -2.36. The topological polar surface area (TPSA) is 41.9 Å². The SMILES string of the molecule is CCC1CCCCN1c1nc(Cl)nnc1Cl. The van der Waals surface area contributed by atoms with Crippen LogP contribution in [0.25, 0.3) is 0 Å². The summed E-state index contributed by atoms with van der Waals surface area (Å²) < 4.78 is 0. The van der Waals surface area contributed by atoms with Crippen molar-refractivity contribution in [1.29, 1.82) is 0 Å². The van der Waals surface area contributed by atoms with E-state index < -0.39 is 0 Å². The van der Waals surface area contributed by atoms with Crippen molar-refractivity contribution >= 4 is 29.0 Å². The van der Waals surface area contributed by atoms with Crippen LogP contribution >= 0.6 is 23.2 Å². The second-order valence-electron chi connectivity index (χ2n) is 3.95. The minimum Gasteiger partial charge on any atom is -0.351 e. The molecule has 2 rings (SSSR count). The second kappa shape index (κ2) is 5.15. The van der Waals surface area contributed by atoms with Crippen molar-refractivity contribution in [3.8, 4) is 0 Å². The molecule has 6 heteroatoms. The number of hydrogen-bond acceptors (Lipinski definition) is 4. The van der Waals surface area contributed by atoms with E-state index in [-0.39, 0.29) is 5.28 Å². The highest BCUT2D eigenvalue weighted by Gasteiger charge is 2.24. The average molecular weight is 261 g/mol. The van der Waals surface area contributed by atoms with Crippen LogP contribution in [0.5, 0.6) is 0 Å². The van der Waals surface area contributed by atoms with Gasteiger partial charge in [0.2, 0.25) is 5.28 Å². The van der Waals surface area contributed by atoms with E-state index >= 15 is 0 Å². The first kappa shape index (κ1) is 11.9. The summed E-state index contributed by atoms with van der Waals surface area (Å²) in [5.74, 6) is 0.674. The molecule has 0 radical (unpaired) electrons. The molecule has 1 aromatic rings. The number of aromatic nitrogens is 3. The quantitative estimate of drug-likeness (QED) is 0.820. The summed E-state index contributed by atoms with van der Waals surface area (Å²) in [6.45, 7) is 3.14. The van der Waals surface area contributed by atoms with Gasteiger partial charge in [-0.25, -0.2) is 0 Å². The van der Waals surface area contributed by atoms with E-state index in [0.29, 0.717) is 17.0 Å². The van der Waals surface area contributed by atoms with Gasteiger partial charge in [0.05, 0.1) is 0 Å². The molecule has 1 aliphatic heterocycles. The molecule has 16 heavy (non-hydrogen) atoms. The van der Waals surface area contributed by atoms with Crippen LogP contribution in [0.2, 0.25) is 10.4 Å². The highest BCUT2D eigenvalue weighted by molar-refractivity contribution is 6.32. The average Bonchev–Trinajstić information content (AvgIpc) is 2.32. The first-order valence-electron chi connectivity index (χ1n) is 5.54. The molecule has 2 heterocycles. The highest BCUT2D eigenvalue weighted by atomic mass is 35.5. The van der Waals surface area contributed by atoms with E-state index in [1.54, 1.807) is 0 Å². The van der Waals surface area contributed by atoms with Crippen LogP contribution in [0.4, 0.5) is 5.82 Å². The third kappa shape index (κ3) is 2.38. The Bertz CT molecular complexity index is 372. The molecule has 1 atom stereocenters. The van der Waals surface area contributed by atoms with Crippen molar-refractivity contribution in [1.82, 2.24) is 15.2 Å². The van der Waals surface area contributed by atoms with Crippen molar-refractivity contribution in [3.05, 3.63) is 10.4 Å². The highest BCUT2D eigenvalue weighted by Crippen LogP contribution is 2.29. The first-order chi connectivity index (χ1) is 7.72. The lowest BCUT2D eigenvalue weighted by atomic mass is 10.0. The third-order valence-corrected chi connectivity index (χ3v) is 3.38. The zero-order valence-electron chi connectivity index (χ0n) is 9.16. The maximum atomic E-state index is 6.02. The molecule has 0 amide bonds. The van der Waals surface area contributed by atoms with Gasteiger partial charge in [0.1, 0.15) is 0 Å². The van der Waals surface area contributed by atoms with Crippen molar-refractivity contribution in [2.24, 2.45) is 0 Å². The van der Waals surface area contributed by atoms with Crippen LogP contribution in [-0.4, -0.2) is 27.8 Å². The summed E-state index contributed by atoms with van der Waals surface area (Å²) >= 11 is 11.8. The molecule has 88 valence electrons. The summed E-state index contributed by atoms with van der Waals surface area (Å²) in [6.07, 6.45) is 4.68. The molecule has 1 fully saturated rings. The summed E-state index contributed by atoms with van der Waals surface area (Å²) in [6, 6.07) is 0.485. The Morgan fingerprint density at radius 1 is 1.31 bits per heavy atom. The predicted molar refractivity (Wildman–Crippen MR) is 65.1 cm³/mol. The normalized spacial score (nSPS) is 21.2. The van der Waals surface area contributed by atoms with Crippen LogP contribution in [0, 0.1) is 0 Å². The number of hydrogen-bond donors (Lipinski definition) is 0. The Morgan fingerprint density at radius 2 is 2.12 bits per heavy atom. The van der Waals surface area contributed by atoms with Gasteiger partial charge in [-0.15, -0.1) is 10.2 Å². The van der Waals surface area contributed by atoms with Crippen molar-refractivity contribution < 1.29 is 0 Å². The van der Waals surface area contributed by atoms with Gasteiger partial charge < -0.3 is 4.90 Å². The standard InChI is InChI=1S/C10H14Cl2N4/c1-2-7-5-3-4-6-16(7)9-8(11)14-15-10(12)13-9/h7H,2-6H2,1H3. The number of anilines is 1. The largest absolute Gasteiger partial charge is 0.351 e. The molecule has 0 aliphatic carbocycles. The summed E-state index contributed by atoms with van der Waals surface area (Å²) in [5, 5.41) is 7.92. The maximum Gasteiger partial charge on any atom is 0.245 e. The minimum absolute atomic E-state index is 0.153. The van der Waals surface area contributed by atoms with E-state index in [1.165, 1.54) is 12.8 Å². The number of rotatable bonds is 2.